The highest BCUT2D eigenvalue weighted by atomic mass is 16.1. The highest BCUT2D eigenvalue weighted by Gasteiger charge is 2.02. The standard InChI is InChI=1S/C10H16N2O/c1-3-4-5-6-12-10(8-13)7-9(2)11-12/h7-8H,3-6H2,1-2H3. The smallest absolute Gasteiger partial charge is 0.168 e. The number of carbonyl (C=O) groups excluding carboxylic acids is 1. The van der Waals surface area contributed by atoms with E-state index in [2.05, 4.69) is 12.0 Å². The summed E-state index contributed by atoms with van der Waals surface area (Å²) in [5.74, 6) is 0. The van der Waals surface area contributed by atoms with E-state index in [1.165, 1.54) is 12.8 Å². The molecule has 1 aromatic rings. The van der Waals surface area contributed by atoms with Crippen molar-refractivity contribution in [1.29, 1.82) is 0 Å². The molecule has 0 fully saturated rings. The topological polar surface area (TPSA) is 34.9 Å². The van der Waals surface area contributed by atoms with Crippen LogP contribution in [-0.4, -0.2) is 16.1 Å². The Bertz CT molecular complexity index is 278. The molecule has 0 aliphatic heterocycles. The van der Waals surface area contributed by atoms with Gasteiger partial charge >= 0.3 is 0 Å². The minimum atomic E-state index is 0.689. The molecular formula is C10H16N2O. The summed E-state index contributed by atoms with van der Waals surface area (Å²) < 4.78 is 1.79. The summed E-state index contributed by atoms with van der Waals surface area (Å²) in [6.45, 7) is 4.92. The lowest BCUT2D eigenvalue weighted by Crippen LogP contribution is -2.04. The second kappa shape index (κ2) is 4.80. The van der Waals surface area contributed by atoms with Crippen LogP contribution in [0.2, 0.25) is 0 Å². The molecule has 1 heterocycles. The van der Waals surface area contributed by atoms with Gasteiger partial charge in [0.25, 0.3) is 0 Å². The van der Waals surface area contributed by atoms with E-state index >= 15 is 0 Å². The third-order valence-corrected chi connectivity index (χ3v) is 2.03. The van der Waals surface area contributed by atoms with Gasteiger partial charge in [-0.1, -0.05) is 19.8 Å². The molecule has 1 aromatic heterocycles. The first kappa shape index (κ1) is 9.96. The van der Waals surface area contributed by atoms with Crippen LogP contribution < -0.4 is 0 Å². The molecule has 0 atom stereocenters. The maximum atomic E-state index is 10.6. The number of carbonyl (C=O) groups is 1. The lowest BCUT2D eigenvalue weighted by molar-refractivity contribution is 0.111. The van der Waals surface area contributed by atoms with Crippen LogP contribution >= 0.6 is 0 Å². The van der Waals surface area contributed by atoms with Gasteiger partial charge in [-0.05, 0) is 19.4 Å². The highest BCUT2D eigenvalue weighted by Crippen LogP contribution is 2.04. The van der Waals surface area contributed by atoms with Crippen LogP contribution in [0.3, 0.4) is 0 Å². The van der Waals surface area contributed by atoms with Gasteiger partial charge in [-0.25, -0.2) is 0 Å². The predicted molar refractivity (Wildman–Crippen MR) is 51.9 cm³/mol. The zero-order valence-electron chi connectivity index (χ0n) is 8.29. The van der Waals surface area contributed by atoms with Gasteiger partial charge in [-0.15, -0.1) is 0 Å². The summed E-state index contributed by atoms with van der Waals surface area (Å²) in [5, 5.41) is 4.24. The Morgan fingerprint density at radius 3 is 2.92 bits per heavy atom. The van der Waals surface area contributed by atoms with Crippen molar-refractivity contribution < 1.29 is 4.79 Å². The first-order valence-electron chi connectivity index (χ1n) is 4.77. The van der Waals surface area contributed by atoms with Gasteiger partial charge in [-0.3, -0.25) is 9.48 Å². The van der Waals surface area contributed by atoms with Crippen LogP contribution in [-0.2, 0) is 6.54 Å². The molecule has 3 heteroatoms. The number of aromatic nitrogens is 2. The molecule has 0 amide bonds. The zero-order chi connectivity index (χ0) is 9.68. The van der Waals surface area contributed by atoms with Crippen molar-refractivity contribution in [2.75, 3.05) is 0 Å². The highest BCUT2D eigenvalue weighted by molar-refractivity contribution is 5.72. The Labute approximate surface area is 78.8 Å². The van der Waals surface area contributed by atoms with E-state index in [4.69, 9.17) is 0 Å². The second-order valence-electron chi connectivity index (χ2n) is 3.26. The summed E-state index contributed by atoms with van der Waals surface area (Å²) >= 11 is 0. The van der Waals surface area contributed by atoms with Crippen LogP contribution in [0, 0.1) is 6.92 Å². The molecule has 0 bridgehead atoms. The minimum absolute atomic E-state index is 0.689. The minimum Gasteiger partial charge on any atom is -0.296 e. The fourth-order valence-electron chi connectivity index (χ4n) is 1.35. The van der Waals surface area contributed by atoms with E-state index < -0.39 is 0 Å². The largest absolute Gasteiger partial charge is 0.296 e. The van der Waals surface area contributed by atoms with Gasteiger partial charge in [0, 0.05) is 6.54 Å². The van der Waals surface area contributed by atoms with Crippen LogP contribution in [0.25, 0.3) is 0 Å². The summed E-state index contributed by atoms with van der Waals surface area (Å²) in [6.07, 6.45) is 4.35. The Kier molecular flexibility index (Phi) is 3.68. The van der Waals surface area contributed by atoms with Gasteiger partial charge in [0.1, 0.15) is 5.69 Å². The van der Waals surface area contributed by atoms with Crippen LogP contribution in [0.1, 0.15) is 42.4 Å². The molecule has 0 aliphatic carbocycles. The molecule has 13 heavy (non-hydrogen) atoms. The number of hydrogen-bond acceptors (Lipinski definition) is 2. The van der Waals surface area contributed by atoms with Crippen LogP contribution in [0.4, 0.5) is 0 Å². The summed E-state index contributed by atoms with van der Waals surface area (Å²) in [5.41, 5.74) is 1.60. The molecule has 72 valence electrons. The average Bonchev–Trinajstić information content (AvgIpc) is 2.47. The summed E-state index contributed by atoms with van der Waals surface area (Å²) in [6, 6.07) is 1.82. The Morgan fingerprint density at radius 1 is 1.54 bits per heavy atom. The van der Waals surface area contributed by atoms with Crippen molar-refractivity contribution in [2.45, 2.75) is 39.7 Å². The molecule has 0 spiro atoms. The molecule has 0 saturated heterocycles. The molecule has 0 N–H and O–H groups in total. The van der Waals surface area contributed by atoms with E-state index in [1.807, 2.05) is 13.0 Å². The van der Waals surface area contributed by atoms with Crippen molar-refractivity contribution in [3.8, 4) is 0 Å². The third-order valence-electron chi connectivity index (χ3n) is 2.03. The van der Waals surface area contributed by atoms with E-state index in [0.29, 0.717) is 5.69 Å². The third kappa shape index (κ3) is 2.68. The molecule has 0 unspecified atom stereocenters. The first-order chi connectivity index (χ1) is 6.27. The number of nitrogens with zero attached hydrogens (tertiary/aromatic N) is 2. The predicted octanol–water partition coefficient (Wildman–Crippen LogP) is 2.19. The van der Waals surface area contributed by atoms with Crippen LogP contribution in [0.15, 0.2) is 6.07 Å². The maximum absolute atomic E-state index is 10.6. The molecule has 0 saturated carbocycles. The van der Waals surface area contributed by atoms with Crippen molar-refractivity contribution in [3.63, 3.8) is 0 Å². The lowest BCUT2D eigenvalue weighted by atomic mass is 10.2. The summed E-state index contributed by atoms with van der Waals surface area (Å²) in [4.78, 5) is 10.6. The van der Waals surface area contributed by atoms with E-state index in [0.717, 1.165) is 24.9 Å². The Balaban J connectivity index is 2.58. The molecular weight excluding hydrogens is 164 g/mol. The second-order valence-corrected chi connectivity index (χ2v) is 3.26. The van der Waals surface area contributed by atoms with Crippen molar-refractivity contribution in [2.24, 2.45) is 0 Å². The van der Waals surface area contributed by atoms with Gasteiger partial charge in [-0.2, -0.15) is 5.10 Å². The van der Waals surface area contributed by atoms with Gasteiger partial charge in [0.05, 0.1) is 5.69 Å². The fourth-order valence-corrected chi connectivity index (χ4v) is 1.35. The molecule has 0 radical (unpaired) electrons. The first-order valence-corrected chi connectivity index (χ1v) is 4.77. The number of aryl methyl sites for hydroxylation is 2. The van der Waals surface area contributed by atoms with Gasteiger partial charge < -0.3 is 0 Å². The quantitative estimate of drug-likeness (QED) is 0.514. The average molecular weight is 180 g/mol. The zero-order valence-corrected chi connectivity index (χ0v) is 8.29. The number of unbranched alkanes of at least 4 members (excludes halogenated alkanes) is 2. The van der Waals surface area contributed by atoms with Crippen molar-refractivity contribution >= 4 is 6.29 Å². The summed E-state index contributed by atoms with van der Waals surface area (Å²) in [7, 11) is 0. The molecule has 1 rings (SSSR count). The molecule has 0 aromatic carbocycles. The van der Waals surface area contributed by atoms with E-state index in [9.17, 15) is 4.79 Å². The molecule has 3 nitrogen and oxygen atoms in total. The SMILES string of the molecule is CCCCCn1nc(C)cc1C=O. The lowest BCUT2D eigenvalue weighted by Gasteiger charge is -2.01. The Hall–Kier alpha value is -1.12. The van der Waals surface area contributed by atoms with E-state index in [-0.39, 0.29) is 0 Å². The molecule has 0 aliphatic rings. The normalized spacial score (nSPS) is 10.3. The van der Waals surface area contributed by atoms with Crippen LogP contribution in [0.5, 0.6) is 0 Å². The van der Waals surface area contributed by atoms with Gasteiger partial charge in [0.15, 0.2) is 6.29 Å². The fraction of sp³-hybridized carbons (Fsp3) is 0.600. The number of aldehydes is 1. The van der Waals surface area contributed by atoms with Gasteiger partial charge in [0.2, 0.25) is 0 Å². The van der Waals surface area contributed by atoms with E-state index in [1.54, 1.807) is 4.68 Å². The number of hydrogen-bond donors (Lipinski definition) is 0. The number of rotatable bonds is 5. The van der Waals surface area contributed by atoms with Crippen molar-refractivity contribution in [3.05, 3.63) is 17.5 Å². The van der Waals surface area contributed by atoms with Crippen molar-refractivity contribution in [1.82, 2.24) is 9.78 Å². The monoisotopic (exact) mass is 180 g/mol. The Morgan fingerprint density at radius 2 is 2.31 bits per heavy atom. The maximum Gasteiger partial charge on any atom is 0.168 e.